The molecular formula is C16H10Br2. The maximum absolute atomic E-state index is 3.17. The molecule has 0 nitrogen and oxygen atoms in total. The van der Waals surface area contributed by atoms with Crippen molar-refractivity contribution in [1.29, 1.82) is 0 Å². The van der Waals surface area contributed by atoms with Crippen LogP contribution in [0.1, 0.15) is 22.3 Å². The van der Waals surface area contributed by atoms with Crippen LogP contribution in [0.25, 0.3) is 10.8 Å². The van der Waals surface area contributed by atoms with Crippen LogP contribution >= 0.6 is 31.9 Å². The van der Waals surface area contributed by atoms with E-state index in [4.69, 9.17) is 0 Å². The van der Waals surface area contributed by atoms with Gasteiger partial charge in [-0.25, -0.2) is 0 Å². The molecule has 0 unspecified atom stereocenters. The number of hydrogen-bond donors (Lipinski definition) is 0. The molecule has 0 atom stereocenters. The zero-order valence-electron chi connectivity index (χ0n) is 10.1. The summed E-state index contributed by atoms with van der Waals surface area (Å²) in [6.07, 6.45) is 0. The summed E-state index contributed by atoms with van der Waals surface area (Å²) in [5.41, 5.74) is 4.34. The normalized spacial score (nSPS) is 9.33. The van der Waals surface area contributed by atoms with E-state index in [0.717, 1.165) is 11.1 Å². The van der Waals surface area contributed by atoms with Crippen molar-refractivity contribution in [2.24, 2.45) is 0 Å². The van der Waals surface area contributed by atoms with E-state index in [-0.39, 0.29) is 0 Å². The van der Waals surface area contributed by atoms with Gasteiger partial charge in [-0.3, -0.25) is 0 Å². The first-order valence-electron chi connectivity index (χ1n) is 5.46. The van der Waals surface area contributed by atoms with Crippen LogP contribution in [0, 0.1) is 35.3 Å². The number of halogens is 2. The van der Waals surface area contributed by atoms with E-state index >= 15 is 0 Å². The molecular weight excluding hydrogens is 352 g/mol. The van der Waals surface area contributed by atoms with Crippen LogP contribution in [0.4, 0.5) is 0 Å². The van der Waals surface area contributed by atoms with Gasteiger partial charge < -0.3 is 0 Å². The molecule has 0 aromatic heterocycles. The summed E-state index contributed by atoms with van der Waals surface area (Å²) in [5, 5.41) is 2.47. The second-order valence-electron chi connectivity index (χ2n) is 3.98. The monoisotopic (exact) mass is 360 g/mol. The van der Waals surface area contributed by atoms with Crippen molar-refractivity contribution in [3.63, 3.8) is 0 Å². The van der Waals surface area contributed by atoms with Gasteiger partial charge in [0.1, 0.15) is 0 Å². The quantitative estimate of drug-likeness (QED) is 0.587. The lowest BCUT2D eigenvalue weighted by Crippen LogP contribution is -1.95. The van der Waals surface area contributed by atoms with Crippen molar-refractivity contribution >= 4 is 42.6 Å². The molecule has 0 amide bonds. The van der Waals surface area contributed by atoms with Gasteiger partial charge in [-0.05, 0) is 45.4 Å². The lowest BCUT2D eigenvalue weighted by atomic mass is 9.91. The molecule has 0 spiro atoms. The Bertz CT molecular complexity index is 670. The van der Waals surface area contributed by atoms with E-state index in [1.165, 1.54) is 21.9 Å². The Morgan fingerprint density at radius 2 is 1.17 bits per heavy atom. The molecule has 0 heterocycles. The van der Waals surface area contributed by atoms with E-state index in [2.05, 4.69) is 91.5 Å². The highest BCUT2D eigenvalue weighted by atomic mass is 79.9. The summed E-state index contributed by atoms with van der Waals surface area (Å²) in [4.78, 5) is 5.59. The van der Waals surface area contributed by atoms with Gasteiger partial charge in [0.05, 0.1) is 0 Å². The maximum Gasteiger partial charge on any atom is 0.0449 e. The van der Waals surface area contributed by atoms with Crippen LogP contribution < -0.4 is 0 Å². The fraction of sp³-hybridized carbons (Fsp3) is 0.125. The summed E-state index contributed by atoms with van der Waals surface area (Å²) >= 11 is 6.35. The van der Waals surface area contributed by atoms with Crippen molar-refractivity contribution < 1.29 is 0 Å². The third kappa shape index (κ3) is 2.19. The lowest BCUT2D eigenvalue weighted by molar-refractivity contribution is 1.40. The Labute approximate surface area is 124 Å². The summed E-state index contributed by atoms with van der Waals surface area (Å²) in [6, 6.07) is 8.36. The third-order valence-corrected chi connectivity index (χ3v) is 3.48. The van der Waals surface area contributed by atoms with Crippen molar-refractivity contribution in [3.8, 4) is 21.5 Å². The number of fused-ring (bicyclic) bond motifs is 1. The smallest absolute Gasteiger partial charge is 0.0449 e. The largest absolute Gasteiger partial charge is 0.0616 e. The molecule has 18 heavy (non-hydrogen) atoms. The van der Waals surface area contributed by atoms with Crippen LogP contribution in [0.5, 0.6) is 0 Å². The second-order valence-corrected chi connectivity index (χ2v) is 4.78. The van der Waals surface area contributed by atoms with Crippen LogP contribution in [0.3, 0.4) is 0 Å². The minimum Gasteiger partial charge on any atom is -0.0616 e. The molecule has 88 valence electrons. The lowest BCUT2D eigenvalue weighted by Gasteiger charge is -2.12. The average molecular weight is 362 g/mol. The summed E-state index contributed by atoms with van der Waals surface area (Å²) in [7, 11) is 0. The van der Waals surface area contributed by atoms with E-state index in [1.54, 1.807) is 0 Å². The zero-order chi connectivity index (χ0) is 13.1. The summed E-state index contributed by atoms with van der Waals surface area (Å²) in [5.74, 6) is 6.21. The highest BCUT2D eigenvalue weighted by molar-refractivity contribution is 9.12. The Balaban J connectivity index is 3.02. The molecule has 2 rings (SSSR count). The van der Waals surface area contributed by atoms with Gasteiger partial charge in [0.2, 0.25) is 0 Å². The SMILES string of the molecule is Cc1c(C#CBr)c(C#CBr)c(C)c2ccccc12. The molecule has 2 heteroatoms. The Hall–Kier alpha value is -1.22. The zero-order valence-corrected chi connectivity index (χ0v) is 13.2. The van der Waals surface area contributed by atoms with Gasteiger partial charge in [0.15, 0.2) is 0 Å². The number of hydrogen-bond acceptors (Lipinski definition) is 0. The first-order chi connectivity index (χ1) is 8.70. The summed E-state index contributed by atoms with van der Waals surface area (Å²) in [6.45, 7) is 4.18. The molecule has 0 bridgehead atoms. The predicted octanol–water partition coefficient (Wildman–Crippen LogP) is 4.86. The fourth-order valence-corrected chi connectivity index (χ4v) is 2.58. The molecule has 2 aromatic rings. The molecule has 0 saturated carbocycles. The molecule has 0 aliphatic heterocycles. The fourth-order valence-electron chi connectivity index (χ4n) is 2.19. The first-order valence-corrected chi connectivity index (χ1v) is 7.04. The number of benzene rings is 2. The Morgan fingerprint density at radius 1 is 0.778 bits per heavy atom. The number of aryl methyl sites for hydroxylation is 2. The maximum atomic E-state index is 3.17. The van der Waals surface area contributed by atoms with Crippen molar-refractivity contribution in [2.45, 2.75) is 13.8 Å². The van der Waals surface area contributed by atoms with Gasteiger partial charge in [0, 0.05) is 43.0 Å². The average Bonchev–Trinajstić information content (AvgIpc) is 2.40. The molecule has 0 aliphatic carbocycles. The minimum absolute atomic E-state index is 0.995. The third-order valence-electron chi connectivity index (χ3n) is 3.08. The van der Waals surface area contributed by atoms with Gasteiger partial charge in [-0.15, -0.1) is 0 Å². The van der Waals surface area contributed by atoms with E-state index in [9.17, 15) is 0 Å². The summed E-state index contributed by atoms with van der Waals surface area (Å²) < 4.78 is 0. The first kappa shape index (κ1) is 13.2. The van der Waals surface area contributed by atoms with Gasteiger partial charge in [-0.1, -0.05) is 36.1 Å². The van der Waals surface area contributed by atoms with E-state index < -0.39 is 0 Å². The van der Waals surface area contributed by atoms with E-state index in [0.29, 0.717) is 0 Å². The molecule has 2 aromatic carbocycles. The van der Waals surface area contributed by atoms with Crippen LogP contribution in [0.2, 0.25) is 0 Å². The Morgan fingerprint density at radius 3 is 1.50 bits per heavy atom. The predicted molar refractivity (Wildman–Crippen MR) is 85.0 cm³/mol. The van der Waals surface area contributed by atoms with Crippen molar-refractivity contribution in [3.05, 3.63) is 46.5 Å². The molecule has 0 N–H and O–H groups in total. The van der Waals surface area contributed by atoms with Crippen LogP contribution in [0.15, 0.2) is 24.3 Å². The van der Waals surface area contributed by atoms with E-state index in [1.807, 2.05) is 0 Å². The standard InChI is InChI=1S/C16H10Br2/c1-11-13-5-3-4-6-14(13)12(2)16(8-10-18)15(11)7-9-17/h3-6H,1-2H3. The molecule has 0 fully saturated rings. The van der Waals surface area contributed by atoms with Crippen LogP contribution in [-0.2, 0) is 0 Å². The number of rotatable bonds is 0. The van der Waals surface area contributed by atoms with Crippen molar-refractivity contribution in [1.82, 2.24) is 0 Å². The van der Waals surface area contributed by atoms with Gasteiger partial charge in [-0.2, -0.15) is 0 Å². The molecule has 0 aliphatic rings. The highest BCUT2D eigenvalue weighted by Crippen LogP contribution is 2.29. The second kappa shape index (κ2) is 5.61. The van der Waals surface area contributed by atoms with Crippen LogP contribution in [-0.4, -0.2) is 0 Å². The topological polar surface area (TPSA) is 0 Å². The molecule has 0 radical (unpaired) electrons. The highest BCUT2D eigenvalue weighted by Gasteiger charge is 2.11. The molecule has 0 saturated heterocycles. The minimum atomic E-state index is 0.995. The van der Waals surface area contributed by atoms with Crippen molar-refractivity contribution in [2.75, 3.05) is 0 Å². The Kier molecular flexibility index (Phi) is 4.12. The van der Waals surface area contributed by atoms with Gasteiger partial charge >= 0.3 is 0 Å². The van der Waals surface area contributed by atoms with Gasteiger partial charge in [0.25, 0.3) is 0 Å².